The van der Waals surface area contributed by atoms with Gasteiger partial charge in [-0.1, -0.05) is 11.6 Å². The van der Waals surface area contributed by atoms with E-state index in [4.69, 9.17) is 11.6 Å². The number of pyridine rings is 1. The van der Waals surface area contributed by atoms with E-state index in [1.165, 1.54) is 0 Å². The monoisotopic (exact) mass is 253 g/mol. The average molecular weight is 254 g/mol. The molecule has 1 amide bonds. The van der Waals surface area contributed by atoms with E-state index in [0.29, 0.717) is 5.02 Å². The van der Waals surface area contributed by atoms with Crippen LogP contribution in [0.2, 0.25) is 5.02 Å². The number of likely N-dealkylation sites (tertiary alicyclic amines) is 1. The summed E-state index contributed by atoms with van der Waals surface area (Å²) in [5.74, 6) is 0.135. The Morgan fingerprint density at radius 2 is 2.24 bits per heavy atom. The molecule has 2 rings (SSSR count). The minimum Gasteiger partial charge on any atom is -0.373 e. The highest BCUT2D eigenvalue weighted by molar-refractivity contribution is 6.33. The Morgan fingerprint density at radius 1 is 1.53 bits per heavy atom. The minimum atomic E-state index is -0.256. The maximum absolute atomic E-state index is 12.1. The number of amides is 1. The van der Waals surface area contributed by atoms with Crippen LogP contribution in [0.1, 0.15) is 19.8 Å². The molecule has 17 heavy (non-hydrogen) atoms. The maximum atomic E-state index is 12.1. The van der Waals surface area contributed by atoms with Gasteiger partial charge in [-0.05, 0) is 25.8 Å². The molecule has 1 saturated heterocycles. The van der Waals surface area contributed by atoms with Gasteiger partial charge < -0.3 is 10.2 Å². The zero-order valence-electron chi connectivity index (χ0n) is 9.82. The van der Waals surface area contributed by atoms with Crippen molar-refractivity contribution in [1.82, 2.24) is 9.88 Å². The SMILES string of the molecule is CC(Nc1ccncc1Cl)C(=O)N1CCCC1. The Kier molecular flexibility index (Phi) is 3.84. The van der Waals surface area contributed by atoms with Crippen LogP contribution < -0.4 is 5.32 Å². The van der Waals surface area contributed by atoms with Gasteiger partial charge in [0, 0.05) is 25.5 Å². The molecular weight excluding hydrogens is 238 g/mol. The molecule has 1 aromatic rings. The summed E-state index contributed by atoms with van der Waals surface area (Å²) in [6.45, 7) is 3.60. The Labute approximate surface area is 106 Å². The van der Waals surface area contributed by atoms with Crippen molar-refractivity contribution >= 4 is 23.2 Å². The Bertz CT molecular complexity index is 404. The highest BCUT2D eigenvalue weighted by Crippen LogP contribution is 2.20. The number of aromatic nitrogens is 1. The van der Waals surface area contributed by atoms with Crippen molar-refractivity contribution in [3.63, 3.8) is 0 Å². The number of nitrogens with zero attached hydrogens (tertiary/aromatic N) is 2. The van der Waals surface area contributed by atoms with Crippen LogP contribution in [0.3, 0.4) is 0 Å². The first kappa shape index (κ1) is 12.2. The Morgan fingerprint density at radius 3 is 2.88 bits per heavy atom. The summed E-state index contributed by atoms with van der Waals surface area (Å²) in [7, 11) is 0. The fourth-order valence-electron chi connectivity index (χ4n) is 2.00. The van der Waals surface area contributed by atoms with Gasteiger partial charge >= 0.3 is 0 Å². The van der Waals surface area contributed by atoms with Gasteiger partial charge in [0.2, 0.25) is 5.91 Å². The molecule has 0 spiro atoms. The predicted octanol–water partition coefficient (Wildman–Crippen LogP) is 2.16. The van der Waals surface area contributed by atoms with Gasteiger partial charge in [-0.3, -0.25) is 9.78 Å². The summed E-state index contributed by atoms with van der Waals surface area (Å²) >= 11 is 5.98. The maximum Gasteiger partial charge on any atom is 0.244 e. The Balaban J connectivity index is 1.99. The number of hydrogen-bond acceptors (Lipinski definition) is 3. The molecule has 1 aliphatic rings. The molecule has 0 aromatic carbocycles. The van der Waals surface area contributed by atoms with Crippen molar-refractivity contribution in [2.45, 2.75) is 25.8 Å². The number of nitrogens with one attached hydrogen (secondary N) is 1. The van der Waals surface area contributed by atoms with Gasteiger partial charge in [-0.2, -0.15) is 0 Å². The molecule has 0 radical (unpaired) electrons. The van der Waals surface area contributed by atoms with E-state index < -0.39 is 0 Å². The molecule has 0 aliphatic carbocycles. The van der Waals surface area contributed by atoms with E-state index in [2.05, 4.69) is 10.3 Å². The largest absolute Gasteiger partial charge is 0.373 e. The van der Waals surface area contributed by atoms with Gasteiger partial charge in [0.25, 0.3) is 0 Å². The van der Waals surface area contributed by atoms with E-state index >= 15 is 0 Å². The van der Waals surface area contributed by atoms with E-state index in [0.717, 1.165) is 31.6 Å². The molecule has 4 nitrogen and oxygen atoms in total. The summed E-state index contributed by atoms with van der Waals surface area (Å²) in [5.41, 5.74) is 0.752. The topological polar surface area (TPSA) is 45.2 Å². The van der Waals surface area contributed by atoms with Gasteiger partial charge in [0.05, 0.1) is 10.7 Å². The lowest BCUT2D eigenvalue weighted by Gasteiger charge is -2.22. The summed E-state index contributed by atoms with van der Waals surface area (Å²) in [5, 5.41) is 3.66. The first-order valence-electron chi connectivity index (χ1n) is 5.83. The summed E-state index contributed by atoms with van der Waals surface area (Å²) in [6.07, 6.45) is 5.43. The van der Waals surface area contributed by atoms with Gasteiger partial charge in [0.1, 0.15) is 6.04 Å². The van der Waals surface area contributed by atoms with Crippen LogP contribution in [0.5, 0.6) is 0 Å². The van der Waals surface area contributed by atoms with Crippen molar-refractivity contribution in [3.8, 4) is 0 Å². The molecule has 1 unspecified atom stereocenters. The molecule has 1 N–H and O–H groups in total. The summed E-state index contributed by atoms with van der Waals surface area (Å²) in [4.78, 5) is 17.9. The lowest BCUT2D eigenvalue weighted by atomic mass is 10.2. The van der Waals surface area contributed by atoms with Crippen LogP contribution in [-0.4, -0.2) is 34.9 Å². The molecule has 92 valence electrons. The number of hydrogen-bond donors (Lipinski definition) is 1. The lowest BCUT2D eigenvalue weighted by molar-refractivity contribution is -0.130. The predicted molar refractivity (Wildman–Crippen MR) is 68.1 cm³/mol. The molecule has 1 aliphatic heterocycles. The molecule has 0 bridgehead atoms. The number of carbonyl (C=O) groups excluding carboxylic acids is 1. The van der Waals surface area contributed by atoms with Crippen molar-refractivity contribution in [1.29, 1.82) is 0 Å². The van der Waals surface area contributed by atoms with Crippen molar-refractivity contribution in [3.05, 3.63) is 23.5 Å². The summed E-state index contributed by atoms with van der Waals surface area (Å²) < 4.78 is 0. The van der Waals surface area contributed by atoms with Gasteiger partial charge in [0.15, 0.2) is 0 Å². The third-order valence-electron chi connectivity index (χ3n) is 2.93. The van der Waals surface area contributed by atoms with Gasteiger partial charge in [-0.15, -0.1) is 0 Å². The van der Waals surface area contributed by atoms with Gasteiger partial charge in [-0.25, -0.2) is 0 Å². The fourth-order valence-corrected chi connectivity index (χ4v) is 2.17. The number of anilines is 1. The molecule has 2 heterocycles. The van der Waals surface area contributed by atoms with E-state index in [1.54, 1.807) is 18.5 Å². The molecule has 5 heteroatoms. The fraction of sp³-hybridized carbons (Fsp3) is 0.500. The lowest BCUT2D eigenvalue weighted by Crippen LogP contribution is -2.39. The third kappa shape index (κ3) is 2.88. The van der Waals surface area contributed by atoms with Crippen LogP contribution in [0, 0.1) is 0 Å². The average Bonchev–Trinajstić information content (AvgIpc) is 2.84. The molecule has 1 fully saturated rings. The zero-order valence-corrected chi connectivity index (χ0v) is 10.6. The molecular formula is C12H16ClN3O. The smallest absolute Gasteiger partial charge is 0.244 e. The second kappa shape index (κ2) is 5.36. The van der Waals surface area contributed by atoms with E-state index in [1.807, 2.05) is 11.8 Å². The van der Waals surface area contributed by atoms with Crippen LogP contribution in [0.4, 0.5) is 5.69 Å². The van der Waals surface area contributed by atoms with Crippen LogP contribution in [0.15, 0.2) is 18.5 Å². The second-order valence-corrected chi connectivity index (χ2v) is 4.66. The van der Waals surface area contributed by atoms with Crippen LogP contribution in [0.25, 0.3) is 0 Å². The third-order valence-corrected chi connectivity index (χ3v) is 3.23. The van der Waals surface area contributed by atoms with Crippen LogP contribution in [-0.2, 0) is 4.79 Å². The first-order chi connectivity index (χ1) is 8.18. The number of rotatable bonds is 3. The Hall–Kier alpha value is -1.29. The number of carbonyl (C=O) groups is 1. The van der Waals surface area contributed by atoms with Crippen molar-refractivity contribution < 1.29 is 4.79 Å². The van der Waals surface area contributed by atoms with Crippen molar-refractivity contribution in [2.75, 3.05) is 18.4 Å². The molecule has 1 atom stereocenters. The molecule has 1 aromatic heterocycles. The quantitative estimate of drug-likeness (QED) is 0.898. The summed E-state index contributed by atoms with van der Waals surface area (Å²) in [6, 6.07) is 1.52. The van der Waals surface area contributed by atoms with E-state index in [9.17, 15) is 4.79 Å². The highest BCUT2D eigenvalue weighted by Gasteiger charge is 2.23. The number of halogens is 1. The van der Waals surface area contributed by atoms with Crippen LogP contribution >= 0.6 is 11.6 Å². The molecule has 0 saturated carbocycles. The second-order valence-electron chi connectivity index (χ2n) is 4.25. The first-order valence-corrected chi connectivity index (χ1v) is 6.21. The highest BCUT2D eigenvalue weighted by atomic mass is 35.5. The minimum absolute atomic E-state index is 0.135. The zero-order chi connectivity index (χ0) is 12.3. The van der Waals surface area contributed by atoms with E-state index in [-0.39, 0.29) is 11.9 Å². The normalized spacial score (nSPS) is 16.9. The van der Waals surface area contributed by atoms with Crippen molar-refractivity contribution in [2.24, 2.45) is 0 Å². The standard InChI is InChI=1S/C12H16ClN3O/c1-9(12(17)16-6-2-3-7-16)15-11-4-5-14-8-10(11)13/h4-5,8-9H,2-3,6-7H2,1H3,(H,14,15).